The molecule has 25 heavy (non-hydrogen) atoms. The number of aromatic nitrogens is 3. The summed E-state index contributed by atoms with van der Waals surface area (Å²) in [6, 6.07) is 13.8. The van der Waals surface area contributed by atoms with E-state index in [0.29, 0.717) is 18.7 Å². The molecule has 0 atom stereocenters. The number of pyridine rings is 1. The van der Waals surface area contributed by atoms with Crippen LogP contribution in [0.15, 0.2) is 61.1 Å². The van der Waals surface area contributed by atoms with Gasteiger partial charge in [0.15, 0.2) is 0 Å². The van der Waals surface area contributed by atoms with Crippen LogP contribution >= 0.6 is 0 Å². The van der Waals surface area contributed by atoms with E-state index in [9.17, 15) is 4.79 Å². The lowest BCUT2D eigenvalue weighted by atomic mass is 10.1. The van der Waals surface area contributed by atoms with E-state index in [1.807, 2.05) is 65.9 Å². The molecule has 5 heteroatoms. The number of nitrogens with zero attached hydrogens (tertiary/aromatic N) is 4. The Hall–Kier alpha value is -2.95. The van der Waals surface area contributed by atoms with Gasteiger partial charge in [0, 0.05) is 25.5 Å². The van der Waals surface area contributed by atoms with Crippen LogP contribution in [0.2, 0.25) is 0 Å². The molecular weight excluding hydrogens is 312 g/mol. The van der Waals surface area contributed by atoms with E-state index in [0.717, 1.165) is 17.8 Å². The van der Waals surface area contributed by atoms with Gasteiger partial charge in [-0.3, -0.25) is 9.78 Å². The third kappa shape index (κ3) is 3.76. The molecule has 0 N–H and O–H groups in total. The van der Waals surface area contributed by atoms with Crippen LogP contribution in [-0.2, 0) is 6.42 Å². The van der Waals surface area contributed by atoms with Crippen molar-refractivity contribution in [3.63, 3.8) is 0 Å². The van der Waals surface area contributed by atoms with Crippen LogP contribution in [0, 0.1) is 6.92 Å². The number of carbonyl (C=O) groups excluding carboxylic acids is 1. The summed E-state index contributed by atoms with van der Waals surface area (Å²) in [6.07, 6.45) is 6.04. The Morgan fingerprint density at radius 3 is 2.52 bits per heavy atom. The Morgan fingerprint density at radius 1 is 1.12 bits per heavy atom. The second-order valence-electron chi connectivity index (χ2n) is 5.88. The second-order valence-corrected chi connectivity index (χ2v) is 5.88. The molecule has 0 unspecified atom stereocenters. The first-order valence-corrected chi connectivity index (χ1v) is 8.49. The summed E-state index contributed by atoms with van der Waals surface area (Å²) in [5.74, 6) is 0.0243. The average Bonchev–Trinajstić information content (AvgIpc) is 3.05. The molecule has 5 nitrogen and oxygen atoms in total. The molecule has 3 rings (SSSR count). The van der Waals surface area contributed by atoms with Crippen LogP contribution in [0.1, 0.15) is 28.5 Å². The summed E-state index contributed by atoms with van der Waals surface area (Å²) in [7, 11) is 0. The molecule has 1 amide bonds. The third-order valence-corrected chi connectivity index (χ3v) is 4.33. The minimum atomic E-state index is 0.0243. The van der Waals surface area contributed by atoms with Gasteiger partial charge in [0.25, 0.3) is 5.91 Å². The van der Waals surface area contributed by atoms with Gasteiger partial charge >= 0.3 is 0 Å². The van der Waals surface area contributed by atoms with Crippen molar-refractivity contribution in [2.45, 2.75) is 20.3 Å². The number of rotatable bonds is 6. The Balaban J connectivity index is 1.76. The summed E-state index contributed by atoms with van der Waals surface area (Å²) in [5.41, 5.74) is 3.65. The van der Waals surface area contributed by atoms with E-state index >= 15 is 0 Å². The summed E-state index contributed by atoms with van der Waals surface area (Å²) in [4.78, 5) is 18.8. The monoisotopic (exact) mass is 334 g/mol. The van der Waals surface area contributed by atoms with Gasteiger partial charge in [-0.1, -0.05) is 18.2 Å². The van der Waals surface area contributed by atoms with Crippen molar-refractivity contribution in [3.05, 3.63) is 77.9 Å². The molecule has 2 aromatic heterocycles. The molecule has 0 aliphatic rings. The Kier molecular flexibility index (Phi) is 5.23. The first-order valence-electron chi connectivity index (χ1n) is 8.49. The largest absolute Gasteiger partial charge is 0.338 e. The van der Waals surface area contributed by atoms with Crippen molar-refractivity contribution < 1.29 is 4.79 Å². The number of benzene rings is 1. The molecule has 2 heterocycles. The van der Waals surface area contributed by atoms with E-state index in [4.69, 9.17) is 0 Å². The minimum Gasteiger partial charge on any atom is -0.338 e. The van der Waals surface area contributed by atoms with E-state index in [-0.39, 0.29) is 5.91 Å². The van der Waals surface area contributed by atoms with E-state index in [1.54, 1.807) is 18.6 Å². The first kappa shape index (κ1) is 16.9. The summed E-state index contributed by atoms with van der Waals surface area (Å²) < 4.78 is 1.81. The zero-order valence-electron chi connectivity index (χ0n) is 14.6. The molecule has 0 saturated carbocycles. The minimum absolute atomic E-state index is 0.0243. The molecule has 0 radical (unpaired) electrons. The number of carbonyl (C=O) groups is 1. The highest BCUT2D eigenvalue weighted by molar-refractivity contribution is 5.95. The second kappa shape index (κ2) is 7.75. The maximum Gasteiger partial charge on any atom is 0.257 e. The van der Waals surface area contributed by atoms with E-state index < -0.39 is 0 Å². The lowest BCUT2D eigenvalue weighted by molar-refractivity contribution is 0.0765. The van der Waals surface area contributed by atoms with Crippen molar-refractivity contribution in [3.8, 4) is 5.69 Å². The fourth-order valence-corrected chi connectivity index (χ4v) is 2.84. The highest BCUT2D eigenvalue weighted by Crippen LogP contribution is 2.16. The molecule has 1 aromatic carbocycles. The van der Waals surface area contributed by atoms with Gasteiger partial charge in [-0.15, -0.1) is 0 Å². The Morgan fingerprint density at radius 2 is 1.84 bits per heavy atom. The van der Waals surface area contributed by atoms with E-state index in [2.05, 4.69) is 10.1 Å². The van der Waals surface area contributed by atoms with Gasteiger partial charge in [0.05, 0.1) is 23.1 Å². The summed E-state index contributed by atoms with van der Waals surface area (Å²) in [6.45, 7) is 5.28. The number of para-hydroxylation sites is 1. The van der Waals surface area contributed by atoms with Crippen LogP contribution in [-0.4, -0.2) is 38.7 Å². The van der Waals surface area contributed by atoms with Gasteiger partial charge in [0.2, 0.25) is 0 Å². The molecule has 3 aromatic rings. The summed E-state index contributed by atoms with van der Waals surface area (Å²) >= 11 is 0. The molecule has 0 saturated heterocycles. The molecule has 128 valence electrons. The maximum absolute atomic E-state index is 12.9. The van der Waals surface area contributed by atoms with Crippen molar-refractivity contribution in [2.75, 3.05) is 13.1 Å². The topological polar surface area (TPSA) is 51.0 Å². The van der Waals surface area contributed by atoms with Crippen molar-refractivity contribution in [2.24, 2.45) is 0 Å². The number of hydrogen-bond donors (Lipinski definition) is 0. The quantitative estimate of drug-likeness (QED) is 0.695. The normalized spacial score (nSPS) is 10.6. The molecule has 0 aliphatic heterocycles. The predicted octanol–water partition coefficient (Wildman–Crippen LogP) is 3.28. The molecule has 0 spiro atoms. The lowest BCUT2D eigenvalue weighted by Gasteiger charge is -2.20. The highest BCUT2D eigenvalue weighted by Gasteiger charge is 2.20. The SMILES string of the molecule is CCN(CCc1ccncc1)C(=O)c1cnn(-c2ccccc2)c1C. The third-order valence-electron chi connectivity index (χ3n) is 4.33. The molecule has 0 aliphatic carbocycles. The lowest BCUT2D eigenvalue weighted by Crippen LogP contribution is -2.33. The number of likely N-dealkylation sites (N-methyl/N-ethyl adjacent to an activating group) is 1. The first-order chi connectivity index (χ1) is 12.2. The number of amides is 1. The van der Waals surface area contributed by atoms with Crippen LogP contribution < -0.4 is 0 Å². The van der Waals surface area contributed by atoms with Gasteiger partial charge < -0.3 is 4.90 Å². The Labute approximate surface area is 147 Å². The average molecular weight is 334 g/mol. The van der Waals surface area contributed by atoms with Crippen LogP contribution in [0.25, 0.3) is 5.69 Å². The van der Waals surface area contributed by atoms with Crippen LogP contribution in [0.4, 0.5) is 0 Å². The molecular formula is C20H22N4O. The van der Waals surface area contributed by atoms with Crippen molar-refractivity contribution in [1.82, 2.24) is 19.7 Å². The van der Waals surface area contributed by atoms with Gasteiger partial charge in [0.1, 0.15) is 0 Å². The Bertz CT molecular complexity index is 827. The maximum atomic E-state index is 12.9. The molecule has 0 fully saturated rings. The fraction of sp³-hybridized carbons (Fsp3) is 0.250. The fourth-order valence-electron chi connectivity index (χ4n) is 2.84. The van der Waals surface area contributed by atoms with Crippen LogP contribution in [0.3, 0.4) is 0 Å². The zero-order valence-corrected chi connectivity index (χ0v) is 14.6. The van der Waals surface area contributed by atoms with Crippen molar-refractivity contribution >= 4 is 5.91 Å². The van der Waals surface area contributed by atoms with E-state index in [1.165, 1.54) is 5.56 Å². The summed E-state index contributed by atoms with van der Waals surface area (Å²) in [5, 5.41) is 4.40. The van der Waals surface area contributed by atoms with Gasteiger partial charge in [-0.05, 0) is 50.1 Å². The number of hydrogen-bond acceptors (Lipinski definition) is 3. The zero-order chi connectivity index (χ0) is 17.6. The van der Waals surface area contributed by atoms with Crippen molar-refractivity contribution in [1.29, 1.82) is 0 Å². The predicted molar refractivity (Wildman–Crippen MR) is 97.8 cm³/mol. The van der Waals surface area contributed by atoms with Gasteiger partial charge in [-0.25, -0.2) is 4.68 Å². The standard InChI is InChI=1S/C20H22N4O/c1-3-23(14-11-17-9-12-21-13-10-17)20(25)19-15-22-24(16(19)2)18-7-5-4-6-8-18/h4-10,12-13,15H,3,11,14H2,1-2H3. The van der Waals surface area contributed by atoms with Crippen LogP contribution in [0.5, 0.6) is 0 Å². The highest BCUT2D eigenvalue weighted by atomic mass is 16.2. The van der Waals surface area contributed by atoms with Gasteiger partial charge in [-0.2, -0.15) is 5.10 Å². The molecule has 0 bridgehead atoms. The smallest absolute Gasteiger partial charge is 0.257 e.